The lowest BCUT2D eigenvalue weighted by molar-refractivity contribution is 0.216. The second-order valence-electron chi connectivity index (χ2n) is 5.06. The number of hydrogen-bond acceptors (Lipinski definition) is 3. The van der Waals surface area contributed by atoms with Gasteiger partial charge in [0.1, 0.15) is 6.10 Å². The lowest BCUT2D eigenvalue weighted by Crippen LogP contribution is -2.05. The molecule has 0 aliphatic carbocycles. The Kier molecular flexibility index (Phi) is 3.20. The van der Waals surface area contributed by atoms with Crippen LogP contribution in [-0.2, 0) is 0 Å². The number of nitrogens with zero attached hydrogens (tertiary/aromatic N) is 2. The maximum absolute atomic E-state index is 10.7. The van der Waals surface area contributed by atoms with Gasteiger partial charge in [-0.1, -0.05) is 24.3 Å². The van der Waals surface area contributed by atoms with Crippen molar-refractivity contribution in [3.63, 3.8) is 0 Å². The van der Waals surface area contributed by atoms with Crippen LogP contribution >= 0.6 is 0 Å². The minimum absolute atomic E-state index is 0.708. The van der Waals surface area contributed by atoms with Crippen LogP contribution in [-0.4, -0.2) is 15.1 Å². The fourth-order valence-electron chi connectivity index (χ4n) is 2.55. The molecule has 2 heterocycles. The van der Waals surface area contributed by atoms with Crippen molar-refractivity contribution in [2.45, 2.75) is 20.0 Å². The van der Waals surface area contributed by atoms with Gasteiger partial charge in [-0.05, 0) is 42.0 Å². The molecule has 1 unspecified atom stereocenters. The molecule has 0 saturated heterocycles. The number of aromatic nitrogens is 2. The average Bonchev–Trinajstić information content (AvgIpc) is 2.46. The number of aliphatic hydroxyl groups excluding tert-OH is 1. The zero-order valence-electron chi connectivity index (χ0n) is 11.5. The van der Waals surface area contributed by atoms with Crippen molar-refractivity contribution >= 4 is 10.8 Å². The monoisotopic (exact) mass is 264 g/mol. The van der Waals surface area contributed by atoms with E-state index >= 15 is 0 Å². The quantitative estimate of drug-likeness (QED) is 0.772. The summed E-state index contributed by atoms with van der Waals surface area (Å²) in [6.45, 7) is 3.98. The van der Waals surface area contributed by atoms with Gasteiger partial charge in [-0.15, -0.1) is 0 Å². The van der Waals surface area contributed by atoms with Crippen LogP contribution in [0.4, 0.5) is 0 Å². The molecule has 0 aliphatic heterocycles. The molecule has 3 nitrogen and oxygen atoms in total. The van der Waals surface area contributed by atoms with Crippen molar-refractivity contribution in [3.8, 4) is 0 Å². The van der Waals surface area contributed by atoms with Crippen molar-refractivity contribution in [3.05, 3.63) is 71.3 Å². The molecule has 0 bridgehead atoms. The van der Waals surface area contributed by atoms with E-state index in [4.69, 9.17) is 0 Å². The molecule has 1 atom stereocenters. The van der Waals surface area contributed by atoms with Gasteiger partial charge in [-0.25, -0.2) is 0 Å². The highest BCUT2D eigenvalue weighted by Crippen LogP contribution is 2.29. The van der Waals surface area contributed by atoms with Gasteiger partial charge in [0, 0.05) is 24.0 Å². The van der Waals surface area contributed by atoms with Gasteiger partial charge in [0.2, 0.25) is 0 Å². The molecule has 0 spiro atoms. The molecule has 3 aromatic rings. The molecule has 3 heteroatoms. The smallest absolute Gasteiger partial charge is 0.122 e. The minimum Gasteiger partial charge on any atom is -0.382 e. The highest BCUT2D eigenvalue weighted by Gasteiger charge is 2.16. The first kappa shape index (κ1) is 12.8. The largest absolute Gasteiger partial charge is 0.382 e. The van der Waals surface area contributed by atoms with E-state index in [1.807, 2.05) is 44.2 Å². The molecule has 0 aliphatic rings. The predicted octanol–water partition coefficient (Wildman–Crippen LogP) is 3.33. The third-order valence-electron chi connectivity index (χ3n) is 3.52. The first-order chi connectivity index (χ1) is 9.66. The molecule has 1 aromatic carbocycles. The van der Waals surface area contributed by atoms with E-state index in [1.165, 1.54) is 0 Å². The normalized spacial score (nSPS) is 12.6. The van der Waals surface area contributed by atoms with Crippen molar-refractivity contribution in [1.29, 1.82) is 0 Å². The first-order valence-corrected chi connectivity index (χ1v) is 6.60. The van der Waals surface area contributed by atoms with Crippen molar-refractivity contribution in [1.82, 2.24) is 9.97 Å². The Bertz CT molecular complexity index is 763. The van der Waals surface area contributed by atoms with E-state index in [2.05, 4.69) is 9.97 Å². The molecule has 0 fully saturated rings. The summed E-state index contributed by atoms with van der Waals surface area (Å²) in [5, 5.41) is 12.7. The SMILES string of the molecule is Cc1cnc(C(O)c2cccc3cnccc23)c(C)c1. The number of fused-ring (bicyclic) bond motifs is 1. The predicted molar refractivity (Wildman–Crippen MR) is 79.5 cm³/mol. The molecule has 20 heavy (non-hydrogen) atoms. The Morgan fingerprint density at radius 2 is 1.95 bits per heavy atom. The zero-order chi connectivity index (χ0) is 14.1. The van der Waals surface area contributed by atoms with Crippen LogP contribution in [0.2, 0.25) is 0 Å². The maximum Gasteiger partial charge on any atom is 0.122 e. The van der Waals surface area contributed by atoms with Crippen LogP contribution < -0.4 is 0 Å². The minimum atomic E-state index is -0.721. The van der Waals surface area contributed by atoms with E-state index in [0.29, 0.717) is 5.69 Å². The highest BCUT2D eigenvalue weighted by atomic mass is 16.3. The van der Waals surface area contributed by atoms with Crippen molar-refractivity contribution in [2.75, 3.05) is 0 Å². The number of aliphatic hydroxyl groups is 1. The Balaban J connectivity index is 2.15. The summed E-state index contributed by atoms with van der Waals surface area (Å²) in [5.41, 5.74) is 3.67. The number of pyridine rings is 2. The molecule has 0 radical (unpaired) electrons. The molecule has 1 N–H and O–H groups in total. The molecule has 100 valence electrons. The summed E-state index contributed by atoms with van der Waals surface area (Å²) in [7, 11) is 0. The average molecular weight is 264 g/mol. The fraction of sp³-hybridized carbons (Fsp3) is 0.176. The van der Waals surface area contributed by atoms with Gasteiger partial charge in [-0.2, -0.15) is 0 Å². The number of benzene rings is 1. The number of hydrogen-bond donors (Lipinski definition) is 1. The third kappa shape index (κ3) is 2.17. The van der Waals surface area contributed by atoms with Crippen LogP contribution in [0.25, 0.3) is 10.8 Å². The van der Waals surface area contributed by atoms with E-state index in [9.17, 15) is 5.11 Å². The number of aryl methyl sites for hydroxylation is 2. The summed E-state index contributed by atoms with van der Waals surface area (Å²) in [6.07, 6.45) is 4.62. The first-order valence-electron chi connectivity index (χ1n) is 6.60. The fourth-order valence-corrected chi connectivity index (χ4v) is 2.55. The van der Waals surface area contributed by atoms with Gasteiger partial charge in [0.05, 0.1) is 5.69 Å². The molecule has 0 saturated carbocycles. The maximum atomic E-state index is 10.7. The summed E-state index contributed by atoms with van der Waals surface area (Å²) < 4.78 is 0. The van der Waals surface area contributed by atoms with Crippen LogP contribution in [0.5, 0.6) is 0 Å². The Morgan fingerprint density at radius 3 is 2.75 bits per heavy atom. The van der Waals surface area contributed by atoms with Gasteiger partial charge in [-0.3, -0.25) is 9.97 Å². The van der Waals surface area contributed by atoms with Crippen molar-refractivity contribution < 1.29 is 5.11 Å². The molecular weight excluding hydrogens is 248 g/mol. The van der Waals surface area contributed by atoms with Gasteiger partial charge in [0.25, 0.3) is 0 Å². The Morgan fingerprint density at radius 1 is 1.10 bits per heavy atom. The Hall–Kier alpha value is -2.26. The Labute approximate surface area is 117 Å². The topological polar surface area (TPSA) is 46.0 Å². The summed E-state index contributed by atoms with van der Waals surface area (Å²) >= 11 is 0. The lowest BCUT2D eigenvalue weighted by Gasteiger charge is -2.15. The second-order valence-corrected chi connectivity index (χ2v) is 5.06. The van der Waals surface area contributed by atoms with E-state index in [-0.39, 0.29) is 0 Å². The van der Waals surface area contributed by atoms with Gasteiger partial charge >= 0.3 is 0 Å². The number of rotatable bonds is 2. The summed E-state index contributed by atoms with van der Waals surface area (Å²) in [5.74, 6) is 0. The van der Waals surface area contributed by atoms with E-state index < -0.39 is 6.10 Å². The molecule has 3 rings (SSSR count). The van der Waals surface area contributed by atoms with Crippen LogP contribution in [0.15, 0.2) is 48.9 Å². The third-order valence-corrected chi connectivity index (χ3v) is 3.52. The molecule has 0 amide bonds. The van der Waals surface area contributed by atoms with Crippen LogP contribution in [0, 0.1) is 13.8 Å². The summed E-state index contributed by atoms with van der Waals surface area (Å²) in [6, 6.07) is 9.84. The lowest BCUT2D eigenvalue weighted by atomic mass is 9.97. The molecular formula is C17H16N2O. The second kappa shape index (κ2) is 5.02. The van der Waals surface area contributed by atoms with Crippen LogP contribution in [0.3, 0.4) is 0 Å². The van der Waals surface area contributed by atoms with Gasteiger partial charge in [0.15, 0.2) is 0 Å². The molecule has 2 aromatic heterocycles. The van der Waals surface area contributed by atoms with Gasteiger partial charge < -0.3 is 5.11 Å². The van der Waals surface area contributed by atoms with E-state index in [0.717, 1.165) is 27.5 Å². The van der Waals surface area contributed by atoms with E-state index in [1.54, 1.807) is 18.6 Å². The van der Waals surface area contributed by atoms with Crippen LogP contribution in [0.1, 0.15) is 28.5 Å². The summed E-state index contributed by atoms with van der Waals surface area (Å²) in [4.78, 5) is 8.51. The standard InChI is InChI=1S/C17H16N2O/c1-11-8-12(2)16(19-9-11)17(20)15-5-3-4-13-10-18-7-6-14(13)15/h3-10,17,20H,1-2H3. The highest BCUT2D eigenvalue weighted by molar-refractivity contribution is 5.85. The zero-order valence-corrected chi connectivity index (χ0v) is 11.5. The van der Waals surface area contributed by atoms with Crippen molar-refractivity contribution in [2.24, 2.45) is 0 Å².